The van der Waals surface area contributed by atoms with Crippen molar-refractivity contribution < 1.29 is 4.39 Å². The summed E-state index contributed by atoms with van der Waals surface area (Å²) < 4.78 is 13.4. The number of nitrogen functional groups attached to an aromatic ring is 1. The second-order valence-corrected chi connectivity index (χ2v) is 5.61. The molecule has 0 saturated carbocycles. The molecule has 0 aliphatic carbocycles. The average Bonchev–Trinajstić information content (AvgIpc) is 2.49. The topological polar surface area (TPSA) is 77.6 Å². The van der Waals surface area contributed by atoms with Crippen molar-refractivity contribution in [3.05, 3.63) is 52.0 Å². The number of anilines is 1. The van der Waals surface area contributed by atoms with Gasteiger partial charge >= 0.3 is 0 Å². The molecule has 0 radical (unpaired) electrons. The fraction of sp³-hybridized carbons (Fsp3) is 0.0667. The molecular formula is C15H10Cl2FN5. The van der Waals surface area contributed by atoms with Crippen LogP contribution in [0.5, 0.6) is 0 Å². The molecule has 116 valence electrons. The van der Waals surface area contributed by atoms with Crippen molar-refractivity contribution >= 4 is 29.2 Å². The van der Waals surface area contributed by atoms with E-state index in [0.717, 1.165) is 0 Å². The van der Waals surface area contributed by atoms with Gasteiger partial charge < -0.3 is 5.73 Å². The molecule has 2 heterocycles. The van der Waals surface area contributed by atoms with E-state index >= 15 is 0 Å². The van der Waals surface area contributed by atoms with E-state index in [1.54, 1.807) is 18.2 Å². The molecule has 2 aromatic heterocycles. The van der Waals surface area contributed by atoms with Crippen molar-refractivity contribution in [1.29, 1.82) is 0 Å². The summed E-state index contributed by atoms with van der Waals surface area (Å²) in [5.41, 5.74) is 8.49. The van der Waals surface area contributed by atoms with Gasteiger partial charge in [-0.25, -0.2) is 14.4 Å². The van der Waals surface area contributed by atoms with Gasteiger partial charge in [-0.15, -0.1) is 10.2 Å². The largest absolute Gasteiger partial charge is 0.366 e. The van der Waals surface area contributed by atoms with Gasteiger partial charge in [0.1, 0.15) is 22.4 Å². The third-order valence-electron chi connectivity index (χ3n) is 3.09. The molecule has 0 unspecified atom stereocenters. The first-order chi connectivity index (χ1) is 10.9. The number of nitrogens with zero attached hydrogens (tertiary/aromatic N) is 4. The highest BCUT2D eigenvalue weighted by Crippen LogP contribution is 2.32. The number of rotatable bonds is 2. The molecule has 2 N–H and O–H groups in total. The highest BCUT2D eigenvalue weighted by atomic mass is 35.5. The molecular weight excluding hydrogens is 340 g/mol. The van der Waals surface area contributed by atoms with Gasteiger partial charge in [0.25, 0.3) is 0 Å². The first-order valence-electron chi connectivity index (χ1n) is 6.54. The molecule has 5 nitrogen and oxygen atoms in total. The molecule has 8 heteroatoms. The summed E-state index contributed by atoms with van der Waals surface area (Å²) in [7, 11) is 0. The minimum absolute atomic E-state index is 0.000993. The Kier molecular flexibility index (Phi) is 4.11. The number of hydrogen-bond acceptors (Lipinski definition) is 5. The van der Waals surface area contributed by atoms with E-state index < -0.39 is 5.82 Å². The van der Waals surface area contributed by atoms with Crippen LogP contribution in [0.1, 0.15) is 5.69 Å². The average molecular weight is 350 g/mol. The summed E-state index contributed by atoms with van der Waals surface area (Å²) in [6, 6.07) is 7.70. The smallest absolute Gasteiger partial charge is 0.240 e. The van der Waals surface area contributed by atoms with Crippen molar-refractivity contribution in [1.82, 2.24) is 20.2 Å². The number of halogens is 3. The van der Waals surface area contributed by atoms with E-state index in [1.807, 2.05) is 6.92 Å². The van der Waals surface area contributed by atoms with Gasteiger partial charge in [-0.2, -0.15) is 0 Å². The van der Waals surface area contributed by atoms with Crippen molar-refractivity contribution in [2.45, 2.75) is 6.92 Å². The Balaban J connectivity index is 2.24. The molecule has 0 fully saturated rings. The zero-order chi connectivity index (χ0) is 16.6. The Morgan fingerprint density at radius 2 is 1.74 bits per heavy atom. The highest BCUT2D eigenvalue weighted by molar-refractivity contribution is 6.31. The van der Waals surface area contributed by atoms with Gasteiger partial charge in [0.05, 0.1) is 5.02 Å². The zero-order valence-electron chi connectivity index (χ0n) is 11.9. The van der Waals surface area contributed by atoms with Crippen LogP contribution in [0.15, 0.2) is 30.3 Å². The SMILES string of the molecule is Cc1cc(-c2nnc(N)nc2-c2ccc(F)c(Cl)c2)cc(Cl)n1. The van der Waals surface area contributed by atoms with Gasteiger partial charge in [0, 0.05) is 16.8 Å². The number of hydrogen-bond donors (Lipinski definition) is 1. The highest BCUT2D eigenvalue weighted by Gasteiger charge is 2.15. The number of aryl methyl sites for hydroxylation is 1. The van der Waals surface area contributed by atoms with E-state index in [2.05, 4.69) is 20.2 Å². The summed E-state index contributed by atoms with van der Waals surface area (Å²) in [5, 5.41) is 8.19. The molecule has 0 aliphatic heterocycles. The second-order valence-electron chi connectivity index (χ2n) is 4.82. The Hall–Kier alpha value is -2.31. The van der Waals surface area contributed by atoms with Crippen LogP contribution in [0.2, 0.25) is 10.2 Å². The normalized spacial score (nSPS) is 10.8. The van der Waals surface area contributed by atoms with Crippen LogP contribution < -0.4 is 5.73 Å². The van der Waals surface area contributed by atoms with Gasteiger partial charge in [0.15, 0.2) is 0 Å². The zero-order valence-corrected chi connectivity index (χ0v) is 13.4. The third kappa shape index (κ3) is 3.23. The number of aromatic nitrogens is 4. The molecule has 0 amide bonds. The maximum atomic E-state index is 13.4. The fourth-order valence-electron chi connectivity index (χ4n) is 2.14. The van der Waals surface area contributed by atoms with E-state index in [4.69, 9.17) is 28.9 Å². The number of pyridine rings is 1. The van der Waals surface area contributed by atoms with Crippen molar-refractivity contribution in [3.8, 4) is 22.5 Å². The first kappa shape index (κ1) is 15.6. The number of nitrogens with two attached hydrogens (primary N) is 1. The standard InChI is InChI=1S/C15H10Cl2FN5/c1-7-4-9(6-12(17)20-7)14-13(21-15(19)23-22-14)8-2-3-11(18)10(16)5-8/h2-6H,1H3,(H2,19,21,23). The van der Waals surface area contributed by atoms with Gasteiger partial charge in [-0.05, 0) is 37.3 Å². The maximum Gasteiger partial charge on any atom is 0.240 e. The van der Waals surface area contributed by atoms with E-state index in [9.17, 15) is 4.39 Å². The van der Waals surface area contributed by atoms with Crippen LogP contribution in [-0.2, 0) is 0 Å². The first-order valence-corrected chi connectivity index (χ1v) is 7.30. The van der Waals surface area contributed by atoms with Crippen LogP contribution in [0.4, 0.5) is 10.3 Å². The summed E-state index contributed by atoms with van der Waals surface area (Å²) in [5.74, 6) is -0.518. The van der Waals surface area contributed by atoms with Gasteiger partial charge in [-0.1, -0.05) is 23.2 Å². The third-order valence-corrected chi connectivity index (χ3v) is 3.58. The maximum absolute atomic E-state index is 13.4. The molecule has 0 atom stereocenters. The van der Waals surface area contributed by atoms with Crippen LogP contribution in [0.25, 0.3) is 22.5 Å². The molecule has 23 heavy (non-hydrogen) atoms. The molecule has 3 aromatic rings. The van der Waals surface area contributed by atoms with Gasteiger partial charge in [-0.3, -0.25) is 0 Å². The van der Waals surface area contributed by atoms with Gasteiger partial charge in [0.2, 0.25) is 5.95 Å². The van der Waals surface area contributed by atoms with Crippen molar-refractivity contribution in [2.75, 3.05) is 5.73 Å². The van der Waals surface area contributed by atoms with E-state index in [-0.39, 0.29) is 11.0 Å². The summed E-state index contributed by atoms with van der Waals surface area (Å²) in [6.07, 6.45) is 0. The number of benzene rings is 1. The molecule has 3 rings (SSSR count). The summed E-state index contributed by atoms with van der Waals surface area (Å²) in [4.78, 5) is 8.32. The minimum Gasteiger partial charge on any atom is -0.366 e. The monoisotopic (exact) mass is 349 g/mol. The fourth-order valence-corrected chi connectivity index (χ4v) is 2.57. The summed E-state index contributed by atoms with van der Waals surface area (Å²) in [6.45, 7) is 1.81. The lowest BCUT2D eigenvalue weighted by atomic mass is 10.0. The predicted octanol–water partition coefficient (Wildman–Crippen LogP) is 3.94. The molecule has 0 saturated heterocycles. The predicted molar refractivity (Wildman–Crippen MR) is 87.6 cm³/mol. The van der Waals surface area contributed by atoms with E-state index in [1.165, 1.54) is 12.1 Å². The van der Waals surface area contributed by atoms with E-state index in [0.29, 0.717) is 33.4 Å². The van der Waals surface area contributed by atoms with Crippen molar-refractivity contribution in [2.24, 2.45) is 0 Å². The molecule has 0 bridgehead atoms. The second kappa shape index (κ2) is 6.06. The van der Waals surface area contributed by atoms with Crippen LogP contribution >= 0.6 is 23.2 Å². The van der Waals surface area contributed by atoms with Crippen LogP contribution in [0.3, 0.4) is 0 Å². The lowest BCUT2D eigenvalue weighted by Gasteiger charge is -2.09. The molecule has 1 aromatic carbocycles. The van der Waals surface area contributed by atoms with Crippen LogP contribution in [0, 0.1) is 12.7 Å². The lowest BCUT2D eigenvalue weighted by molar-refractivity contribution is 0.628. The summed E-state index contributed by atoms with van der Waals surface area (Å²) >= 11 is 11.9. The Morgan fingerprint density at radius 1 is 0.957 bits per heavy atom. The Bertz CT molecular complexity index is 881. The Labute approximate surface area is 141 Å². The van der Waals surface area contributed by atoms with Crippen LogP contribution in [-0.4, -0.2) is 20.2 Å². The molecule has 0 aliphatic rings. The Morgan fingerprint density at radius 3 is 2.43 bits per heavy atom. The molecule has 0 spiro atoms. The van der Waals surface area contributed by atoms with Crippen molar-refractivity contribution in [3.63, 3.8) is 0 Å². The minimum atomic E-state index is -0.519. The quantitative estimate of drug-likeness (QED) is 0.709. The lowest BCUT2D eigenvalue weighted by Crippen LogP contribution is -2.03.